The Labute approximate surface area is 180 Å². The third kappa shape index (κ3) is 3.80. The summed E-state index contributed by atoms with van der Waals surface area (Å²) in [7, 11) is 1.37. The summed E-state index contributed by atoms with van der Waals surface area (Å²) in [5.41, 5.74) is 2.21. The van der Waals surface area contributed by atoms with Crippen molar-refractivity contribution >= 4 is 23.3 Å². The van der Waals surface area contributed by atoms with Gasteiger partial charge >= 0.3 is 5.97 Å². The number of furan rings is 1. The summed E-state index contributed by atoms with van der Waals surface area (Å²) in [6, 6.07) is 16.8. The molecule has 3 heterocycles. The monoisotopic (exact) mass is 421 g/mol. The van der Waals surface area contributed by atoms with E-state index in [4.69, 9.17) is 21.4 Å². The highest BCUT2D eigenvalue weighted by molar-refractivity contribution is 7.80. The molecular weight excluding hydrogens is 398 g/mol. The minimum Gasteiger partial charge on any atom is -0.465 e. The van der Waals surface area contributed by atoms with Crippen LogP contribution >= 0.6 is 12.2 Å². The van der Waals surface area contributed by atoms with Gasteiger partial charge in [-0.25, -0.2) is 4.79 Å². The number of rotatable bonds is 6. The van der Waals surface area contributed by atoms with Gasteiger partial charge in [0.2, 0.25) is 0 Å². The molecule has 2 aromatic heterocycles. The van der Waals surface area contributed by atoms with Crippen molar-refractivity contribution in [3.8, 4) is 11.3 Å². The molecule has 0 saturated carbocycles. The van der Waals surface area contributed by atoms with E-state index < -0.39 is 0 Å². The maximum absolute atomic E-state index is 11.9. The summed E-state index contributed by atoms with van der Waals surface area (Å²) in [5, 5.41) is 4.11. The Morgan fingerprint density at radius 2 is 2.10 bits per heavy atom. The number of methoxy groups -OCH3 is 1. The van der Waals surface area contributed by atoms with Crippen LogP contribution in [0.15, 0.2) is 65.2 Å². The van der Waals surface area contributed by atoms with Crippen LogP contribution in [0.5, 0.6) is 0 Å². The van der Waals surface area contributed by atoms with E-state index in [-0.39, 0.29) is 18.1 Å². The fraction of sp³-hybridized carbons (Fsp3) is 0.261. The molecule has 2 atom stereocenters. The first-order valence-electron chi connectivity index (χ1n) is 9.89. The standard InChI is InChI=1S/C23H23N3O3S/c1-3-13-26-21(20(25-23(26)30)17-9-4-5-12-24-17)19-11-10-18(29-19)15-7-6-8-16(14-15)22(27)28-2/h4-12,14,20-21H,3,13H2,1-2H3,(H,25,30)/t20-,21-/m1/s1. The number of aromatic nitrogens is 1. The highest BCUT2D eigenvalue weighted by atomic mass is 32.1. The summed E-state index contributed by atoms with van der Waals surface area (Å²) in [4.78, 5) is 18.6. The summed E-state index contributed by atoms with van der Waals surface area (Å²) >= 11 is 5.61. The number of hydrogen-bond acceptors (Lipinski definition) is 5. The molecular formula is C23H23N3O3S. The van der Waals surface area contributed by atoms with Gasteiger partial charge in [-0.3, -0.25) is 4.98 Å². The highest BCUT2D eigenvalue weighted by Gasteiger charge is 2.41. The van der Waals surface area contributed by atoms with E-state index >= 15 is 0 Å². The molecule has 1 fully saturated rings. The Kier molecular flexibility index (Phi) is 5.81. The lowest BCUT2D eigenvalue weighted by molar-refractivity contribution is 0.0601. The Bertz CT molecular complexity index is 1050. The van der Waals surface area contributed by atoms with E-state index in [1.165, 1.54) is 7.11 Å². The zero-order chi connectivity index (χ0) is 21.1. The molecule has 6 nitrogen and oxygen atoms in total. The van der Waals surface area contributed by atoms with Gasteiger partial charge in [-0.15, -0.1) is 0 Å². The first kappa shape index (κ1) is 20.1. The van der Waals surface area contributed by atoms with Crippen LogP contribution in [0, 0.1) is 0 Å². The molecule has 3 aromatic rings. The average molecular weight is 422 g/mol. The van der Waals surface area contributed by atoms with Crippen LogP contribution in [0.1, 0.15) is 47.2 Å². The summed E-state index contributed by atoms with van der Waals surface area (Å²) in [6.45, 7) is 2.94. The Hall–Kier alpha value is -3.19. The zero-order valence-electron chi connectivity index (χ0n) is 16.9. The molecule has 4 rings (SSSR count). The molecule has 1 saturated heterocycles. The van der Waals surface area contributed by atoms with Crippen molar-refractivity contribution in [2.24, 2.45) is 0 Å². The number of carbonyl (C=O) groups is 1. The number of nitrogens with one attached hydrogen (secondary N) is 1. The van der Waals surface area contributed by atoms with Crippen LogP contribution in [0.2, 0.25) is 0 Å². The lowest BCUT2D eigenvalue weighted by atomic mass is 10.0. The maximum Gasteiger partial charge on any atom is 0.337 e. The second kappa shape index (κ2) is 8.67. The van der Waals surface area contributed by atoms with Crippen molar-refractivity contribution in [3.05, 3.63) is 77.8 Å². The van der Waals surface area contributed by atoms with Crippen molar-refractivity contribution in [1.29, 1.82) is 0 Å². The fourth-order valence-electron chi connectivity index (χ4n) is 3.78. The smallest absolute Gasteiger partial charge is 0.337 e. The van der Waals surface area contributed by atoms with Crippen molar-refractivity contribution in [2.45, 2.75) is 25.4 Å². The molecule has 0 amide bonds. The van der Waals surface area contributed by atoms with Crippen LogP contribution in [-0.2, 0) is 4.74 Å². The van der Waals surface area contributed by atoms with Crippen molar-refractivity contribution in [3.63, 3.8) is 0 Å². The maximum atomic E-state index is 11.9. The van der Waals surface area contributed by atoms with Gasteiger partial charge in [0.15, 0.2) is 5.11 Å². The average Bonchev–Trinajstić information content (AvgIpc) is 3.39. The largest absolute Gasteiger partial charge is 0.465 e. The van der Waals surface area contributed by atoms with Crippen LogP contribution < -0.4 is 5.32 Å². The van der Waals surface area contributed by atoms with Crippen molar-refractivity contribution < 1.29 is 13.9 Å². The number of benzene rings is 1. The number of hydrogen-bond donors (Lipinski definition) is 1. The van der Waals surface area contributed by atoms with E-state index in [0.29, 0.717) is 16.4 Å². The number of pyridine rings is 1. The summed E-state index contributed by atoms with van der Waals surface area (Å²) in [5.74, 6) is 1.10. The van der Waals surface area contributed by atoms with Crippen LogP contribution in [0.3, 0.4) is 0 Å². The van der Waals surface area contributed by atoms with E-state index in [9.17, 15) is 4.79 Å². The van der Waals surface area contributed by atoms with Crippen molar-refractivity contribution in [1.82, 2.24) is 15.2 Å². The van der Waals surface area contributed by atoms with Gasteiger partial charge in [0.05, 0.1) is 24.4 Å². The normalized spacial score (nSPS) is 18.3. The topological polar surface area (TPSA) is 67.6 Å². The van der Waals surface area contributed by atoms with Gasteiger partial charge in [0.1, 0.15) is 17.6 Å². The minimum absolute atomic E-state index is 0.106. The van der Waals surface area contributed by atoms with Crippen LogP contribution in [0.25, 0.3) is 11.3 Å². The van der Waals surface area contributed by atoms with Crippen LogP contribution in [0.4, 0.5) is 0 Å². The van der Waals surface area contributed by atoms with Crippen LogP contribution in [-0.4, -0.2) is 34.6 Å². The minimum atomic E-state index is -0.377. The number of esters is 1. The number of ether oxygens (including phenoxy) is 1. The third-order valence-corrected chi connectivity index (χ3v) is 5.50. The van der Waals surface area contributed by atoms with E-state index in [1.54, 1.807) is 18.3 Å². The van der Waals surface area contributed by atoms with Gasteiger partial charge in [-0.1, -0.05) is 25.1 Å². The van der Waals surface area contributed by atoms with Gasteiger partial charge < -0.3 is 19.4 Å². The van der Waals surface area contributed by atoms with Gasteiger partial charge in [-0.05, 0) is 55.0 Å². The molecule has 1 aliphatic rings. The van der Waals surface area contributed by atoms with E-state index in [1.807, 2.05) is 42.5 Å². The fourth-order valence-corrected chi connectivity index (χ4v) is 4.11. The number of carbonyl (C=O) groups excluding carboxylic acids is 1. The predicted molar refractivity (Wildman–Crippen MR) is 118 cm³/mol. The summed E-state index contributed by atoms with van der Waals surface area (Å²) < 4.78 is 11.1. The molecule has 30 heavy (non-hydrogen) atoms. The predicted octanol–water partition coefficient (Wildman–Crippen LogP) is 4.51. The van der Waals surface area contributed by atoms with Crippen molar-refractivity contribution in [2.75, 3.05) is 13.7 Å². The summed E-state index contributed by atoms with van der Waals surface area (Å²) in [6.07, 6.45) is 2.74. The molecule has 7 heteroatoms. The molecule has 0 aliphatic carbocycles. The van der Waals surface area contributed by atoms with E-state index in [2.05, 4.69) is 22.1 Å². The molecule has 1 aromatic carbocycles. The second-order valence-corrected chi connectivity index (χ2v) is 7.48. The highest BCUT2D eigenvalue weighted by Crippen LogP contribution is 2.40. The lowest BCUT2D eigenvalue weighted by Crippen LogP contribution is -2.30. The molecule has 0 unspecified atom stereocenters. The second-order valence-electron chi connectivity index (χ2n) is 7.09. The first-order chi connectivity index (χ1) is 14.6. The Balaban J connectivity index is 1.70. The van der Waals surface area contributed by atoms with Gasteiger partial charge in [0.25, 0.3) is 0 Å². The molecule has 0 spiro atoms. The lowest BCUT2D eigenvalue weighted by Gasteiger charge is -2.25. The first-order valence-corrected chi connectivity index (χ1v) is 10.3. The zero-order valence-corrected chi connectivity index (χ0v) is 17.7. The van der Waals surface area contributed by atoms with Gasteiger partial charge in [0, 0.05) is 18.3 Å². The molecule has 0 bridgehead atoms. The quantitative estimate of drug-likeness (QED) is 0.464. The number of nitrogens with zero attached hydrogens (tertiary/aromatic N) is 2. The number of thiocarbonyl (C=S) groups is 1. The third-order valence-electron chi connectivity index (χ3n) is 5.15. The van der Waals surface area contributed by atoms with E-state index in [0.717, 1.165) is 30.0 Å². The SMILES string of the molecule is CCCN1C(=S)N[C@H](c2ccccn2)[C@H]1c1ccc(-c2cccc(C(=O)OC)c2)o1. The molecule has 154 valence electrons. The molecule has 1 aliphatic heterocycles. The Morgan fingerprint density at radius 1 is 1.23 bits per heavy atom. The van der Waals surface area contributed by atoms with Gasteiger partial charge in [-0.2, -0.15) is 0 Å². The Morgan fingerprint density at radius 3 is 2.83 bits per heavy atom. The molecule has 0 radical (unpaired) electrons. The molecule has 1 N–H and O–H groups in total.